The van der Waals surface area contributed by atoms with Gasteiger partial charge in [0.1, 0.15) is 18.2 Å². The van der Waals surface area contributed by atoms with Crippen molar-refractivity contribution in [3.63, 3.8) is 0 Å². The molecule has 1 amide bonds. The lowest BCUT2D eigenvalue weighted by atomic mass is 10.2. The highest BCUT2D eigenvalue weighted by Gasteiger charge is 2.12. The van der Waals surface area contributed by atoms with Crippen molar-refractivity contribution >= 4 is 6.09 Å². The van der Waals surface area contributed by atoms with Gasteiger partial charge in [-0.15, -0.1) is 0 Å². The van der Waals surface area contributed by atoms with E-state index in [4.69, 9.17) is 4.74 Å². The number of rotatable bonds is 7. The maximum absolute atomic E-state index is 13.2. The Morgan fingerprint density at radius 1 is 1.18 bits per heavy atom. The number of ether oxygens (including phenoxy) is 1. The molecule has 3 aromatic rings. The van der Waals surface area contributed by atoms with E-state index in [1.54, 1.807) is 12.1 Å². The predicted molar refractivity (Wildman–Crippen MR) is 106 cm³/mol. The number of imidazole rings is 1. The molecule has 0 saturated carbocycles. The summed E-state index contributed by atoms with van der Waals surface area (Å²) in [5.74, 6) is 0.368. The van der Waals surface area contributed by atoms with E-state index in [0.29, 0.717) is 18.1 Å². The van der Waals surface area contributed by atoms with Crippen molar-refractivity contribution in [2.45, 2.75) is 26.6 Å². The van der Waals surface area contributed by atoms with Gasteiger partial charge >= 0.3 is 6.09 Å². The molecule has 3 rings (SSSR count). The molecule has 1 aromatic heterocycles. The summed E-state index contributed by atoms with van der Waals surface area (Å²) in [5, 5.41) is 2.72. The van der Waals surface area contributed by atoms with Crippen molar-refractivity contribution in [2.75, 3.05) is 0 Å². The number of amides is 1. The van der Waals surface area contributed by atoms with Crippen molar-refractivity contribution in [3.8, 4) is 11.3 Å². The van der Waals surface area contributed by atoms with Gasteiger partial charge in [-0.05, 0) is 36.8 Å². The van der Waals surface area contributed by atoms with Gasteiger partial charge in [-0.3, -0.25) is 0 Å². The lowest BCUT2D eigenvalue weighted by molar-refractivity contribution is 0.138. The van der Waals surface area contributed by atoms with Gasteiger partial charge in [-0.1, -0.05) is 42.5 Å². The number of aromatic nitrogens is 2. The highest BCUT2D eigenvalue weighted by atomic mass is 19.1. The third-order valence-electron chi connectivity index (χ3n) is 4.04. The topological polar surface area (TPSA) is 56.2 Å². The Morgan fingerprint density at radius 2 is 1.89 bits per heavy atom. The highest BCUT2D eigenvalue weighted by Crippen LogP contribution is 2.20. The van der Waals surface area contributed by atoms with Crippen molar-refractivity contribution in [3.05, 3.63) is 90.2 Å². The minimum absolute atomic E-state index is 0.202. The molecule has 0 bridgehead atoms. The molecule has 2 aromatic carbocycles. The van der Waals surface area contributed by atoms with Crippen LogP contribution in [0.25, 0.3) is 11.3 Å². The first-order chi connectivity index (χ1) is 13.5. The number of hydrogen-bond donors (Lipinski definition) is 1. The first-order valence-corrected chi connectivity index (χ1v) is 8.92. The minimum Gasteiger partial charge on any atom is -0.445 e. The van der Waals surface area contributed by atoms with Gasteiger partial charge in [0.15, 0.2) is 0 Å². The van der Waals surface area contributed by atoms with Crippen LogP contribution in [0.4, 0.5) is 9.18 Å². The fourth-order valence-corrected chi connectivity index (χ4v) is 2.71. The van der Waals surface area contributed by atoms with Gasteiger partial charge in [0.2, 0.25) is 0 Å². The van der Waals surface area contributed by atoms with Crippen molar-refractivity contribution in [1.82, 2.24) is 14.9 Å². The van der Waals surface area contributed by atoms with E-state index < -0.39 is 6.09 Å². The summed E-state index contributed by atoms with van der Waals surface area (Å²) >= 11 is 0. The third-order valence-corrected chi connectivity index (χ3v) is 4.04. The molecule has 0 unspecified atom stereocenters. The molecular formula is C22H22FN3O2. The molecular weight excluding hydrogens is 357 g/mol. The summed E-state index contributed by atoms with van der Waals surface area (Å²) in [6.07, 6.45) is 1.35. The fourth-order valence-electron chi connectivity index (χ4n) is 2.71. The molecule has 0 aliphatic rings. The normalized spacial score (nSPS) is 10.5. The highest BCUT2D eigenvalue weighted by molar-refractivity contribution is 5.67. The van der Waals surface area contributed by atoms with E-state index in [2.05, 4.69) is 16.9 Å². The summed E-state index contributed by atoms with van der Waals surface area (Å²) in [7, 11) is 0. The second kappa shape index (κ2) is 8.99. The molecule has 6 heteroatoms. The summed E-state index contributed by atoms with van der Waals surface area (Å²) in [6.45, 7) is 6.84. The van der Waals surface area contributed by atoms with E-state index in [1.165, 1.54) is 12.1 Å². The van der Waals surface area contributed by atoms with E-state index >= 15 is 0 Å². The van der Waals surface area contributed by atoms with Gasteiger partial charge in [0.25, 0.3) is 0 Å². The molecule has 28 heavy (non-hydrogen) atoms. The number of nitrogens with one attached hydrogen (secondary N) is 1. The van der Waals surface area contributed by atoms with Crippen molar-refractivity contribution < 1.29 is 13.9 Å². The maximum atomic E-state index is 13.2. The van der Waals surface area contributed by atoms with Gasteiger partial charge in [0, 0.05) is 18.3 Å². The molecule has 0 atom stereocenters. The monoisotopic (exact) mass is 379 g/mol. The first kappa shape index (κ1) is 19.4. The molecule has 0 aliphatic heterocycles. The molecule has 5 nitrogen and oxygen atoms in total. The molecule has 144 valence electrons. The molecule has 0 saturated heterocycles. The summed E-state index contributed by atoms with van der Waals surface area (Å²) in [6, 6.07) is 15.6. The Hall–Kier alpha value is -3.41. The van der Waals surface area contributed by atoms with Crippen LogP contribution in [0.2, 0.25) is 0 Å². The largest absolute Gasteiger partial charge is 0.445 e. The zero-order chi connectivity index (χ0) is 19.9. The smallest absolute Gasteiger partial charge is 0.407 e. The number of nitrogens with zero attached hydrogens (tertiary/aromatic N) is 2. The van der Waals surface area contributed by atoms with Crippen LogP contribution < -0.4 is 5.32 Å². The van der Waals surface area contributed by atoms with Gasteiger partial charge in [-0.2, -0.15) is 0 Å². The molecule has 1 N–H and O–H groups in total. The average Bonchev–Trinajstić information content (AvgIpc) is 3.08. The summed E-state index contributed by atoms with van der Waals surface area (Å²) < 4.78 is 20.3. The Morgan fingerprint density at radius 3 is 2.57 bits per heavy atom. The predicted octanol–water partition coefficient (Wildman–Crippen LogP) is 4.69. The second-order valence-electron chi connectivity index (χ2n) is 6.55. The van der Waals surface area contributed by atoms with E-state index in [-0.39, 0.29) is 19.0 Å². The third kappa shape index (κ3) is 5.30. The number of allylic oxidation sites excluding steroid dienone is 1. The Labute approximate surface area is 163 Å². The number of carbonyl (C=O) groups excluding carboxylic acids is 1. The fraction of sp³-hybridized carbons (Fsp3) is 0.182. The lowest BCUT2D eigenvalue weighted by Crippen LogP contribution is -2.25. The van der Waals surface area contributed by atoms with E-state index in [0.717, 1.165) is 16.7 Å². The Bertz CT molecular complexity index is 950. The first-order valence-electron chi connectivity index (χ1n) is 8.92. The second-order valence-corrected chi connectivity index (χ2v) is 6.55. The zero-order valence-electron chi connectivity index (χ0n) is 15.7. The number of carbonyl (C=O) groups is 1. The number of hydrogen-bond acceptors (Lipinski definition) is 3. The van der Waals surface area contributed by atoms with Crippen LogP contribution in [0, 0.1) is 5.82 Å². The van der Waals surface area contributed by atoms with Crippen LogP contribution in [0.3, 0.4) is 0 Å². The van der Waals surface area contributed by atoms with Crippen LogP contribution in [0.5, 0.6) is 0 Å². The summed E-state index contributed by atoms with van der Waals surface area (Å²) in [4.78, 5) is 16.6. The van der Waals surface area contributed by atoms with Gasteiger partial charge in [-0.25, -0.2) is 14.2 Å². The number of alkyl carbamates (subject to hydrolysis) is 1. The van der Waals surface area contributed by atoms with Crippen LogP contribution in [0.1, 0.15) is 18.3 Å². The van der Waals surface area contributed by atoms with Crippen molar-refractivity contribution in [1.29, 1.82) is 0 Å². The average molecular weight is 379 g/mol. The van der Waals surface area contributed by atoms with Gasteiger partial charge < -0.3 is 14.6 Å². The van der Waals surface area contributed by atoms with Crippen LogP contribution in [-0.2, 0) is 24.4 Å². The van der Waals surface area contributed by atoms with E-state index in [1.807, 2.05) is 48.0 Å². The Kier molecular flexibility index (Phi) is 6.22. The van der Waals surface area contributed by atoms with Crippen LogP contribution in [-0.4, -0.2) is 15.6 Å². The molecule has 1 heterocycles. The van der Waals surface area contributed by atoms with Crippen molar-refractivity contribution in [2.24, 2.45) is 0 Å². The Balaban J connectivity index is 1.66. The van der Waals surface area contributed by atoms with Crippen LogP contribution >= 0.6 is 0 Å². The standard InChI is InChI=1S/C22H22FN3O2/c1-16(2)13-26-14-20(18-8-10-19(23)11-9-18)25-21(26)12-24-22(27)28-15-17-6-4-3-5-7-17/h3-11,14H,1,12-13,15H2,2H3,(H,24,27). The van der Waals surface area contributed by atoms with Gasteiger partial charge in [0.05, 0.1) is 12.2 Å². The number of benzene rings is 2. The quantitative estimate of drug-likeness (QED) is 0.606. The molecule has 0 radical (unpaired) electrons. The molecule has 0 fully saturated rings. The lowest BCUT2D eigenvalue weighted by Gasteiger charge is -2.09. The zero-order valence-corrected chi connectivity index (χ0v) is 15.7. The minimum atomic E-state index is -0.517. The van der Waals surface area contributed by atoms with E-state index in [9.17, 15) is 9.18 Å². The van der Waals surface area contributed by atoms with Crippen LogP contribution in [0.15, 0.2) is 72.9 Å². The molecule has 0 aliphatic carbocycles. The maximum Gasteiger partial charge on any atom is 0.407 e. The molecule has 0 spiro atoms. The summed E-state index contributed by atoms with van der Waals surface area (Å²) in [5.41, 5.74) is 3.38. The number of halogens is 1. The SMILES string of the molecule is C=C(C)Cn1cc(-c2ccc(F)cc2)nc1CNC(=O)OCc1ccccc1.